The molecule has 38 heavy (non-hydrogen) atoms. The number of H-pyrrole nitrogens is 1. The summed E-state index contributed by atoms with van der Waals surface area (Å²) in [4.78, 5) is 40.8. The van der Waals surface area contributed by atoms with E-state index in [9.17, 15) is 19.5 Å². The normalized spacial score (nSPS) is 11.8. The van der Waals surface area contributed by atoms with E-state index in [1.807, 2.05) is 12.1 Å². The van der Waals surface area contributed by atoms with Crippen LogP contribution in [0.3, 0.4) is 0 Å². The lowest BCUT2D eigenvalue weighted by Crippen LogP contribution is -2.47. The molecule has 0 saturated carbocycles. The van der Waals surface area contributed by atoms with Gasteiger partial charge in [-0.2, -0.15) is 5.10 Å². The van der Waals surface area contributed by atoms with Crippen molar-refractivity contribution >= 4 is 23.8 Å². The van der Waals surface area contributed by atoms with Crippen molar-refractivity contribution in [2.24, 2.45) is 0 Å². The minimum absolute atomic E-state index is 0.0400. The Hall–Kier alpha value is -4.54. The molecule has 0 fully saturated rings. The van der Waals surface area contributed by atoms with Gasteiger partial charge in [0.25, 0.3) is 5.91 Å². The number of aromatic amines is 1. The van der Waals surface area contributed by atoms with Gasteiger partial charge in [0, 0.05) is 37.6 Å². The summed E-state index contributed by atoms with van der Waals surface area (Å²) in [6.45, 7) is 5.02. The van der Waals surface area contributed by atoms with Crippen molar-refractivity contribution in [3.05, 3.63) is 66.5 Å². The van der Waals surface area contributed by atoms with Crippen LogP contribution in [0, 0.1) is 0 Å². The highest BCUT2D eigenvalue weighted by molar-refractivity contribution is 5.97. The third-order valence-electron chi connectivity index (χ3n) is 5.58. The van der Waals surface area contributed by atoms with Crippen LogP contribution in [-0.4, -0.2) is 76.0 Å². The molecule has 0 aliphatic rings. The molecule has 1 heterocycles. The predicted octanol–water partition coefficient (Wildman–Crippen LogP) is 4.61. The van der Waals surface area contributed by atoms with Gasteiger partial charge in [0.2, 0.25) is 0 Å². The SMILES string of the molecule is COc1cccc(C(C(=O)Nc2ccc(-c3cn[nH]c3)cc2)N(CCN(C)C(=O)O)C(=O)OC(C)(C)C)c1. The Morgan fingerprint density at radius 2 is 1.79 bits per heavy atom. The van der Waals surface area contributed by atoms with Crippen molar-refractivity contribution in [1.29, 1.82) is 0 Å². The summed E-state index contributed by atoms with van der Waals surface area (Å²) in [6, 6.07) is 12.8. The van der Waals surface area contributed by atoms with Crippen LogP contribution < -0.4 is 10.1 Å². The molecular formula is C27H33N5O6. The van der Waals surface area contributed by atoms with Crippen LogP contribution in [0.5, 0.6) is 5.75 Å². The summed E-state index contributed by atoms with van der Waals surface area (Å²) in [5, 5.41) is 18.9. The highest BCUT2D eigenvalue weighted by Gasteiger charge is 2.35. The third-order valence-corrected chi connectivity index (χ3v) is 5.58. The number of aromatic nitrogens is 2. The molecule has 11 nitrogen and oxygen atoms in total. The van der Waals surface area contributed by atoms with E-state index in [0.717, 1.165) is 16.0 Å². The van der Waals surface area contributed by atoms with Crippen molar-refractivity contribution < 1.29 is 29.0 Å². The van der Waals surface area contributed by atoms with Crippen molar-refractivity contribution in [3.63, 3.8) is 0 Å². The summed E-state index contributed by atoms with van der Waals surface area (Å²) in [5.41, 5.74) is 1.96. The molecule has 202 valence electrons. The quantitative estimate of drug-likeness (QED) is 0.372. The first kappa shape index (κ1) is 28.0. The number of likely N-dealkylation sites (N-methyl/N-ethyl adjacent to an activating group) is 1. The van der Waals surface area contributed by atoms with Crippen LogP contribution in [0.25, 0.3) is 11.1 Å². The number of carbonyl (C=O) groups is 3. The molecule has 0 saturated heterocycles. The summed E-state index contributed by atoms with van der Waals surface area (Å²) >= 11 is 0. The average molecular weight is 524 g/mol. The minimum Gasteiger partial charge on any atom is -0.497 e. The van der Waals surface area contributed by atoms with Crippen LogP contribution in [-0.2, 0) is 9.53 Å². The number of hydrogen-bond acceptors (Lipinski definition) is 6. The van der Waals surface area contributed by atoms with E-state index in [1.165, 1.54) is 19.1 Å². The molecule has 11 heteroatoms. The zero-order valence-corrected chi connectivity index (χ0v) is 22.1. The number of methoxy groups -OCH3 is 1. The number of carbonyl (C=O) groups excluding carboxylic acids is 2. The van der Waals surface area contributed by atoms with Crippen LogP contribution in [0.2, 0.25) is 0 Å². The number of hydrogen-bond donors (Lipinski definition) is 3. The van der Waals surface area contributed by atoms with E-state index in [-0.39, 0.29) is 13.1 Å². The number of benzene rings is 2. The molecule has 0 bridgehead atoms. The van der Waals surface area contributed by atoms with Gasteiger partial charge in [-0.3, -0.25) is 14.8 Å². The molecule has 2 aromatic carbocycles. The molecule has 3 N–H and O–H groups in total. The van der Waals surface area contributed by atoms with E-state index in [4.69, 9.17) is 9.47 Å². The molecular weight excluding hydrogens is 490 g/mol. The van der Waals surface area contributed by atoms with Gasteiger partial charge in [-0.15, -0.1) is 0 Å². The van der Waals surface area contributed by atoms with Gasteiger partial charge in [0.1, 0.15) is 17.4 Å². The van der Waals surface area contributed by atoms with Crippen molar-refractivity contribution in [2.45, 2.75) is 32.4 Å². The van der Waals surface area contributed by atoms with Gasteiger partial charge in [-0.05, 0) is 56.2 Å². The first-order chi connectivity index (χ1) is 18.0. The lowest BCUT2D eigenvalue weighted by molar-refractivity contribution is -0.121. The topological polar surface area (TPSA) is 137 Å². The standard InChI is InChI=1S/C27H33N5O6/c1-27(2,3)38-26(36)32(14-13-31(4)25(34)35)23(19-7-6-8-22(15-19)37-5)24(33)30-21-11-9-18(10-12-21)20-16-28-29-17-20/h6-12,15-17,23H,13-14H2,1-5H3,(H,28,29)(H,30,33)(H,34,35). The second kappa shape index (κ2) is 12.1. The largest absolute Gasteiger partial charge is 0.497 e. The van der Waals surface area contributed by atoms with E-state index in [1.54, 1.807) is 69.6 Å². The summed E-state index contributed by atoms with van der Waals surface area (Å²) in [5.74, 6) is -0.00490. The predicted molar refractivity (Wildman–Crippen MR) is 142 cm³/mol. The lowest BCUT2D eigenvalue weighted by Gasteiger charge is -2.34. The highest BCUT2D eigenvalue weighted by atomic mass is 16.6. The van der Waals surface area contributed by atoms with Gasteiger partial charge in [0.05, 0.1) is 13.3 Å². The number of ether oxygens (including phenoxy) is 2. The number of nitrogens with one attached hydrogen (secondary N) is 2. The van der Waals surface area contributed by atoms with E-state index in [2.05, 4.69) is 15.5 Å². The van der Waals surface area contributed by atoms with Crippen molar-refractivity contribution in [3.8, 4) is 16.9 Å². The number of carboxylic acid groups (broad SMARTS) is 1. The van der Waals surface area contributed by atoms with Gasteiger partial charge in [0.15, 0.2) is 0 Å². The van der Waals surface area contributed by atoms with Crippen molar-refractivity contribution in [2.75, 3.05) is 32.6 Å². The average Bonchev–Trinajstić information content (AvgIpc) is 3.40. The first-order valence-electron chi connectivity index (χ1n) is 12.0. The summed E-state index contributed by atoms with van der Waals surface area (Å²) in [7, 11) is 2.89. The molecule has 3 amide bonds. The molecule has 0 radical (unpaired) electrons. The van der Waals surface area contributed by atoms with Gasteiger partial charge in [-0.1, -0.05) is 24.3 Å². The Balaban J connectivity index is 1.97. The minimum atomic E-state index is -1.16. The number of anilines is 1. The van der Waals surface area contributed by atoms with E-state index < -0.39 is 29.7 Å². The van der Waals surface area contributed by atoms with Crippen molar-refractivity contribution in [1.82, 2.24) is 20.0 Å². The maximum absolute atomic E-state index is 13.8. The number of nitrogens with zero attached hydrogens (tertiary/aromatic N) is 3. The van der Waals surface area contributed by atoms with E-state index >= 15 is 0 Å². The smallest absolute Gasteiger partial charge is 0.411 e. The lowest BCUT2D eigenvalue weighted by atomic mass is 10.0. The Morgan fingerprint density at radius 3 is 2.37 bits per heavy atom. The van der Waals surface area contributed by atoms with Gasteiger partial charge >= 0.3 is 12.2 Å². The zero-order valence-electron chi connectivity index (χ0n) is 22.1. The first-order valence-corrected chi connectivity index (χ1v) is 12.0. The Morgan fingerprint density at radius 1 is 1.08 bits per heavy atom. The maximum atomic E-state index is 13.8. The Kier molecular flexibility index (Phi) is 8.95. The van der Waals surface area contributed by atoms with Gasteiger partial charge in [-0.25, -0.2) is 9.59 Å². The zero-order chi connectivity index (χ0) is 27.9. The second-order valence-electron chi connectivity index (χ2n) is 9.61. The van der Waals surface area contributed by atoms with E-state index in [0.29, 0.717) is 17.0 Å². The monoisotopic (exact) mass is 523 g/mol. The maximum Gasteiger partial charge on any atom is 0.411 e. The van der Waals surface area contributed by atoms with Crippen LogP contribution in [0.1, 0.15) is 32.4 Å². The molecule has 0 spiro atoms. The second-order valence-corrected chi connectivity index (χ2v) is 9.61. The molecule has 3 rings (SSSR count). The van der Waals surface area contributed by atoms with Gasteiger partial charge < -0.3 is 24.8 Å². The van der Waals surface area contributed by atoms with Crippen LogP contribution in [0.15, 0.2) is 60.9 Å². The number of rotatable bonds is 9. The molecule has 1 atom stereocenters. The Bertz CT molecular complexity index is 1240. The highest BCUT2D eigenvalue weighted by Crippen LogP contribution is 2.28. The van der Waals surface area contributed by atoms with Crippen LogP contribution >= 0.6 is 0 Å². The molecule has 3 aromatic rings. The fourth-order valence-corrected chi connectivity index (χ4v) is 3.65. The van der Waals surface area contributed by atoms with Crippen LogP contribution in [0.4, 0.5) is 15.3 Å². The summed E-state index contributed by atoms with van der Waals surface area (Å²) < 4.78 is 11.0. The molecule has 1 unspecified atom stereocenters. The fraction of sp³-hybridized carbons (Fsp3) is 0.333. The molecule has 1 aromatic heterocycles. The Labute approximate surface area is 221 Å². The fourth-order valence-electron chi connectivity index (χ4n) is 3.65. The molecule has 0 aliphatic heterocycles. The summed E-state index contributed by atoms with van der Waals surface area (Å²) in [6.07, 6.45) is 1.54. The third kappa shape index (κ3) is 7.48. The number of amides is 3. The molecule has 0 aliphatic carbocycles.